The molecule has 2 bridgehead atoms. The monoisotopic (exact) mass is 331 g/mol. The Morgan fingerprint density at radius 3 is 2.58 bits per heavy atom. The van der Waals surface area contributed by atoms with Gasteiger partial charge >= 0.3 is 0 Å². The number of likely N-dealkylation sites (tertiary alicyclic amines) is 1. The van der Waals surface area contributed by atoms with E-state index in [2.05, 4.69) is 32.7 Å². The fraction of sp³-hybridized carbons (Fsp3) is 1.00. The molecule has 0 aromatic heterocycles. The molecule has 2 heteroatoms. The molecule has 0 radical (unpaired) electrons. The third kappa shape index (κ3) is 1.43. The SMILES string of the molecule is CCC1(C)CC2C3CC4CC(OC)C5CC1(CC)[C@]2(CCN3C)C45. The predicted molar refractivity (Wildman–Crippen MR) is 97.8 cm³/mol. The molecule has 5 fully saturated rings. The zero-order chi connectivity index (χ0) is 16.9. The molecule has 0 aromatic carbocycles. The molecule has 0 amide bonds. The van der Waals surface area contributed by atoms with Crippen LogP contribution in [-0.2, 0) is 4.74 Å². The molecule has 0 N–H and O–H groups in total. The lowest BCUT2D eigenvalue weighted by Gasteiger charge is -2.61. The normalized spacial score (nSPS) is 61.4. The number of methoxy groups -OCH3 is 1. The average molecular weight is 332 g/mol. The van der Waals surface area contributed by atoms with Crippen LogP contribution in [0, 0.1) is 39.9 Å². The maximum absolute atomic E-state index is 6.09. The van der Waals surface area contributed by atoms with Gasteiger partial charge in [0, 0.05) is 13.2 Å². The Labute approximate surface area is 148 Å². The Bertz CT molecular complexity index is 548. The van der Waals surface area contributed by atoms with Gasteiger partial charge < -0.3 is 9.64 Å². The van der Waals surface area contributed by atoms with Gasteiger partial charge in [-0.15, -0.1) is 0 Å². The summed E-state index contributed by atoms with van der Waals surface area (Å²) in [5, 5.41) is 0. The first-order chi connectivity index (χ1) is 11.5. The molecule has 2 nitrogen and oxygen atoms in total. The van der Waals surface area contributed by atoms with Crippen LogP contribution in [0.4, 0.5) is 0 Å². The topological polar surface area (TPSA) is 12.5 Å². The number of rotatable bonds is 3. The molecule has 5 aliphatic rings. The van der Waals surface area contributed by atoms with Crippen LogP contribution in [-0.4, -0.2) is 37.7 Å². The maximum atomic E-state index is 6.09. The molecule has 24 heavy (non-hydrogen) atoms. The van der Waals surface area contributed by atoms with Gasteiger partial charge in [0.05, 0.1) is 6.10 Å². The molecular formula is C22H37NO. The first-order valence-electron chi connectivity index (χ1n) is 10.7. The van der Waals surface area contributed by atoms with Crippen molar-refractivity contribution in [2.75, 3.05) is 20.7 Å². The van der Waals surface area contributed by atoms with Gasteiger partial charge in [-0.2, -0.15) is 0 Å². The van der Waals surface area contributed by atoms with E-state index >= 15 is 0 Å². The van der Waals surface area contributed by atoms with E-state index in [1.807, 2.05) is 7.11 Å². The minimum Gasteiger partial charge on any atom is -0.381 e. The highest BCUT2D eigenvalue weighted by atomic mass is 16.5. The van der Waals surface area contributed by atoms with E-state index in [1.54, 1.807) is 0 Å². The summed E-state index contributed by atoms with van der Waals surface area (Å²) in [4.78, 5) is 2.75. The van der Waals surface area contributed by atoms with E-state index in [0.717, 1.165) is 29.7 Å². The lowest BCUT2D eigenvalue weighted by molar-refractivity contribution is -0.132. The van der Waals surface area contributed by atoms with Crippen molar-refractivity contribution in [3.63, 3.8) is 0 Å². The summed E-state index contributed by atoms with van der Waals surface area (Å²) in [5.74, 6) is 3.74. The summed E-state index contributed by atoms with van der Waals surface area (Å²) >= 11 is 0. The van der Waals surface area contributed by atoms with Crippen LogP contribution in [0.5, 0.6) is 0 Å². The van der Waals surface area contributed by atoms with E-state index in [0.29, 0.717) is 22.3 Å². The summed E-state index contributed by atoms with van der Waals surface area (Å²) in [5.41, 5.74) is 1.78. The van der Waals surface area contributed by atoms with Gasteiger partial charge in [-0.25, -0.2) is 0 Å². The van der Waals surface area contributed by atoms with Crippen LogP contribution >= 0.6 is 0 Å². The number of nitrogens with zero attached hydrogens (tertiary/aromatic N) is 1. The van der Waals surface area contributed by atoms with Gasteiger partial charge in [0.1, 0.15) is 0 Å². The van der Waals surface area contributed by atoms with Gasteiger partial charge in [0.25, 0.3) is 0 Å². The highest BCUT2D eigenvalue weighted by Crippen LogP contribution is 2.84. The molecule has 1 aliphatic heterocycles. The molecule has 0 aromatic rings. The summed E-state index contributed by atoms with van der Waals surface area (Å²) in [6, 6.07) is 0.855. The molecule has 1 heterocycles. The summed E-state index contributed by atoms with van der Waals surface area (Å²) in [6.07, 6.45) is 10.6. The number of hydrogen-bond donors (Lipinski definition) is 0. The van der Waals surface area contributed by atoms with Crippen LogP contribution in [0.15, 0.2) is 0 Å². The second-order valence-electron chi connectivity index (χ2n) is 10.4. The lowest BCUT2D eigenvalue weighted by atomic mass is 9.47. The second-order valence-corrected chi connectivity index (χ2v) is 10.4. The molecule has 1 saturated heterocycles. The standard InChI is InChI=1S/C22H37NO/c1-6-20(3)13-16-17-10-14-11-18(24-5)15-12-21(20,7-2)22(16,19(14)15)8-9-23(17)4/h14-19H,6-13H2,1-5H3/t14?,15?,16?,17?,18?,19?,20?,21?,22-/m0/s1. The van der Waals surface area contributed by atoms with Gasteiger partial charge in [0.15, 0.2) is 0 Å². The van der Waals surface area contributed by atoms with Gasteiger partial charge in [-0.1, -0.05) is 27.2 Å². The van der Waals surface area contributed by atoms with Crippen LogP contribution < -0.4 is 0 Å². The van der Waals surface area contributed by atoms with E-state index in [4.69, 9.17) is 4.74 Å². The fourth-order valence-corrected chi connectivity index (χ4v) is 9.90. The van der Waals surface area contributed by atoms with Gasteiger partial charge in [-0.05, 0) is 92.0 Å². The van der Waals surface area contributed by atoms with Crippen molar-refractivity contribution in [3.05, 3.63) is 0 Å². The Morgan fingerprint density at radius 1 is 1.12 bits per heavy atom. The predicted octanol–water partition coefficient (Wildman–Crippen LogP) is 4.58. The molecule has 8 unspecified atom stereocenters. The molecular weight excluding hydrogens is 294 g/mol. The molecule has 136 valence electrons. The number of ether oxygens (including phenoxy) is 1. The lowest BCUT2D eigenvalue weighted by Crippen LogP contribution is -2.61. The van der Waals surface area contributed by atoms with Crippen LogP contribution in [0.3, 0.4) is 0 Å². The fourth-order valence-electron chi connectivity index (χ4n) is 9.90. The molecule has 4 saturated carbocycles. The zero-order valence-corrected chi connectivity index (χ0v) is 16.5. The number of piperidine rings is 1. The summed E-state index contributed by atoms with van der Waals surface area (Å²) < 4.78 is 6.09. The Hall–Kier alpha value is -0.0800. The smallest absolute Gasteiger partial charge is 0.0605 e. The van der Waals surface area contributed by atoms with Crippen molar-refractivity contribution >= 4 is 0 Å². The Kier molecular flexibility index (Phi) is 3.22. The summed E-state index contributed by atoms with van der Waals surface area (Å²) in [7, 11) is 4.41. The average Bonchev–Trinajstić information content (AvgIpc) is 3.15. The van der Waals surface area contributed by atoms with Crippen LogP contribution in [0.1, 0.15) is 65.7 Å². The number of hydrogen-bond acceptors (Lipinski definition) is 2. The third-order valence-electron chi connectivity index (χ3n) is 10.7. The first-order valence-corrected chi connectivity index (χ1v) is 10.7. The highest BCUT2D eigenvalue weighted by molar-refractivity contribution is 5.29. The first kappa shape index (κ1) is 16.1. The van der Waals surface area contributed by atoms with E-state index in [1.165, 1.54) is 51.5 Å². The van der Waals surface area contributed by atoms with E-state index in [-0.39, 0.29) is 0 Å². The third-order valence-corrected chi connectivity index (χ3v) is 10.7. The van der Waals surface area contributed by atoms with Crippen molar-refractivity contribution < 1.29 is 4.74 Å². The van der Waals surface area contributed by atoms with Crippen molar-refractivity contribution in [1.82, 2.24) is 4.90 Å². The second kappa shape index (κ2) is 4.80. The molecule has 4 aliphatic carbocycles. The van der Waals surface area contributed by atoms with Crippen molar-refractivity contribution in [2.45, 2.75) is 77.9 Å². The Balaban J connectivity index is 1.73. The minimum atomic E-state index is 0.549. The molecule has 9 atom stereocenters. The zero-order valence-electron chi connectivity index (χ0n) is 16.5. The summed E-state index contributed by atoms with van der Waals surface area (Å²) in [6.45, 7) is 9.04. The van der Waals surface area contributed by atoms with Gasteiger partial charge in [0.2, 0.25) is 0 Å². The van der Waals surface area contributed by atoms with Crippen molar-refractivity contribution in [3.8, 4) is 0 Å². The van der Waals surface area contributed by atoms with Crippen molar-refractivity contribution in [2.24, 2.45) is 39.9 Å². The van der Waals surface area contributed by atoms with Crippen molar-refractivity contribution in [1.29, 1.82) is 0 Å². The van der Waals surface area contributed by atoms with E-state index < -0.39 is 0 Å². The van der Waals surface area contributed by atoms with E-state index in [9.17, 15) is 0 Å². The van der Waals surface area contributed by atoms with Crippen LogP contribution in [0.25, 0.3) is 0 Å². The minimum absolute atomic E-state index is 0.549. The largest absolute Gasteiger partial charge is 0.381 e. The van der Waals surface area contributed by atoms with Crippen LogP contribution in [0.2, 0.25) is 0 Å². The maximum Gasteiger partial charge on any atom is 0.0605 e. The Morgan fingerprint density at radius 2 is 1.92 bits per heavy atom. The molecule has 5 rings (SSSR count). The highest BCUT2D eigenvalue weighted by Gasteiger charge is 2.80. The molecule has 1 spiro atoms. The quantitative estimate of drug-likeness (QED) is 0.750. The van der Waals surface area contributed by atoms with Gasteiger partial charge in [-0.3, -0.25) is 0 Å².